The number of nitrogens with two attached hydrogens (primary N) is 2. The van der Waals surface area contributed by atoms with E-state index in [9.17, 15) is 9.90 Å². The molecule has 2 aliphatic heterocycles. The first kappa shape index (κ1) is 74.3. The lowest BCUT2D eigenvalue weighted by Gasteiger charge is -2.32. The zero-order valence-electron chi connectivity index (χ0n) is 43.0. The van der Waals surface area contributed by atoms with Crippen LogP contribution in [0.1, 0.15) is 83.6 Å². The number of ether oxygens (including phenoxy) is 5. The summed E-state index contributed by atoms with van der Waals surface area (Å²) in [5, 5.41) is 18.7. The maximum absolute atomic E-state index is 10.7. The van der Waals surface area contributed by atoms with Crippen LogP contribution in [0.4, 0.5) is 0 Å². The quantitative estimate of drug-likeness (QED) is 0.0350. The fourth-order valence-electron chi connectivity index (χ4n) is 5.11. The molecular weight excluding hydrogens is 1230 g/mol. The number of aromatic nitrogens is 6. The van der Waals surface area contributed by atoms with Crippen LogP contribution < -0.4 is 36.0 Å². The first-order valence-electron chi connectivity index (χ1n) is 22.5. The normalized spacial score (nSPS) is 14.1. The van der Waals surface area contributed by atoms with Gasteiger partial charge in [0.1, 0.15) is 32.1 Å². The highest BCUT2D eigenvalue weighted by Crippen LogP contribution is 2.36. The Balaban J connectivity index is 0. The summed E-state index contributed by atoms with van der Waals surface area (Å²) in [5.41, 5.74) is 12.6. The second-order valence-electron chi connectivity index (χ2n) is 15.6. The van der Waals surface area contributed by atoms with Crippen molar-refractivity contribution < 1.29 is 43.2 Å². The van der Waals surface area contributed by atoms with Gasteiger partial charge in [-0.3, -0.25) is 4.79 Å². The minimum Gasteiger partial charge on any atom is -0.481 e. The highest BCUT2D eigenvalue weighted by Gasteiger charge is 2.49. The van der Waals surface area contributed by atoms with Crippen LogP contribution in [0.15, 0.2) is 147 Å². The van der Waals surface area contributed by atoms with Crippen LogP contribution in [0.25, 0.3) is 6.08 Å². The number of aromatic amines is 1. The number of pyridine rings is 6. The van der Waals surface area contributed by atoms with E-state index in [0.717, 1.165) is 31.8 Å². The molecule has 8 heterocycles. The Morgan fingerprint density at radius 2 is 1.09 bits per heavy atom. The van der Waals surface area contributed by atoms with Crippen molar-refractivity contribution in [3.8, 4) is 23.5 Å². The van der Waals surface area contributed by atoms with Gasteiger partial charge < -0.3 is 59.7 Å². The number of aliphatic hydroxyl groups excluding tert-OH is 2. The molecule has 7 N–H and O–H groups in total. The first-order chi connectivity index (χ1) is 35.7. The van der Waals surface area contributed by atoms with Gasteiger partial charge in [0.05, 0.1) is 68.7 Å². The van der Waals surface area contributed by atoms with Crippen LogP contribution >= 0.6 is 71.0 Å². The maximum atomic E-state index is 10.7. The van der Waals surface area contributed by atoms with Crippen LogP contribution in [-0.4, -0.2) is 112 Å². The molecule has 6 aromatic rings. The lowest BCUT2D eigenvalue weighted by Crippen LogP contribution is -2.41. The SMILES string of the molecule is Brc1cccc(Br)n1.C.C.C=CB1OC(C)(C)C(C)(C)O1.C=Cc1cccc(OC)n1.COc1cccc(Br)n1.COc1cccc(C(O)CN)n1.COc1cccc(C2CO2)n1.ClCCl.NCC(O)c1cccc(=O)[nH]1. The fourth-order valence-corrected chi connectivity index (χ4v) is 6.36. The Bertz CT molecular complexity index is 2580. The van der Waals surface area contributed by atoms with Crippen molar-refractivity contribution in [1.82, 2.24) is 29.9 Å². The van der Waals surface area contributed by atoms with E-state index in [2.05, 4.69) is 90.9 Å². The summed E-state index contributed by atoms with van der Waals surface area (Å²) < 4.78 is 38.3. The smallest absolute Gasteiger partial charge is 0.481 e. The van der Waals surface area contributed by atoms with Crippen molar-refractivity contribution in [2.24, 2.45) is 11.5 Å². The molecule has 8 rings (SSSR count). The van der Waals surface area contributed by atoms with Gasteiger partial charge in [-0.25, -0.2) is 24.9 Å². The van der Waals surface area contributed by atoms with Crippen LogP contribution in [0.5, 0.6) is 23.5 Å². The molecule has 3 unspecified atom stereocenters. The molecule has 0 saturated carbocycles. The maximum Gasteiger partial charge on any atom is 0.486 e. The summed E-state index contributed by atoms with van der Waals surface area (Å²) in [7, 11) is 6.07. The number of methoxy groups -OCH3 is 4. The van der Waals surface area contributed by atoms with Crippen LogP contribution in [-0.2, 0) is 14.0 Å². The molecule has 18 nitrogen and oxygen atoms in total. The molecule has 424 valence electrons. The molecule has 6 aromatic heterocycles. The third kappa shape index (κ3) is 30.8. The van der Waals surface area contributed by atoms with Crippen molar-refractivity contribution in [2.75, 3.05) is 53.5 Å². The van der Waals surface area contributed by atoms with E-state index in [0.29, 0.717) is 34.9 Å². The monoisotopic (exact) mass is 1300 g/mol. The van der Waals surface area contributed by atoms with Gasteiger partial charge in [0.25, 0.3) is 0 Å². The number of halogens is 5. The lowest BCUT2D eigenvalue weighted by molar-refractivity contribution is 0.00578. The topological polar surface area (TPSA) is 258 Å². The third-order valence-corrected chi connectivity index (χ3v) is 11.0. The molecule has 2 fully saturated rings. The largest absolute Gasteiger partial charge is 0.486 e. The van der Waals surface area contributed by atoms with Crippen LogP contribution in [0.2, 0.25) is 0 Å². The predicted octanol–water partition coefficient (Wildman–Crippen LogP) is 11.3. The van der Waals surface area contributed by atoms with Gasteiger partial charge in [-0.15, -0.1) is 29.8 Å². The van der Waals surface area contributed by atoms with Gasteiger partial charge in [-0.05, 0) is 124 Å². The molecule has 2 saturated heterocycles. The number of rotatable bonds is 11. The average molecular weight is 1300 g/mol. The Kier molecular flexibility index (Phi) is 39.8. The summed E-state index contributed by atoms with van der Waals surface area (Å²) >= 11 is 19.2. The van der Waals surface area contributed by atoms with Crippen LogP contribution in [0.3, 0.4) is 0 Å². The minimum atomic E-state index is -0.774. The van der Waals surface area contributed by atoms with E-state index in [-0.39, 0.29) is 63.3 Å². The van der Waals surface area contributed by atoms with Gasteiger partial charge in [0, 0.05) is 49.1 Å². The van der Waals surface area contributed by atoms with Crippen molar-refractivity contribution in [1.29, 1.82) is 0 Å². The molecule has 0 aliphatic carbocycles. The predicted molar refractivity (Wildman–Crippen MR) is 321 cm³/mol. The number of H-pyrrole nitrogens is 1. The standard InChI is InChI=1S/C8H15BO2.C8H12N2O2.C8H9NO2.C8H9NO.C7H10N2O2.C6H6BrNO.C5H3Br2N.CH2Cl2.2CH4/c1-6-9-10-7(2,3)8(4,5)11-9;1-12-8-4-2-3-6(10-8)7(11)5-9;1-10-8-4-2-3-6(9-8)7-5-11-7;1-3-7-5-4-6-8(9-7)10-2;8-4-6(10)5-2-1-3-7(11)9-5;1-9-6-4-2-3-5(7)8-6;6-4-2-1-3-5(7)8-4;2-1-3;;/h6H,1H2,2-5H3;2-4,7,11H,5,9H2,1H3;2-4,7H,5H2,1H3;3-6H,1H2,2H3;1-3,6,10H,4,8H2,(H,9,11);2-4H,1H3;1-3H;1H2;2*1H4. The molecule has 0 radical (unpaired) electrons. The van der Waals surface area contributed by atoms with Gasteiger partial charge in [-0.2, -0.15) is 0 Å². The summed E-state index contributed by atoms with van der Waals surface area (Å²) in [6, 6.07) is 32.2. The summed E-state index contributed by atoms with van der Waals surface area (Å²) in [5.74, 6) is 4.07. The summed E-state index contributed by atoms with van der Waals surface area (Å²) in [4.78, 5) is 33.5. The molecule has 24 heteroatoms. The van der Waals surface area contributed by atoms with Gasteiger partial charge >= 0.3 is 7.12 Å². The van der Waals surface area contributed by atoms with Crippen LogP contribution in [0, 0.1) is 0 Å². The molecule has 0 aromatic carbocycles. The van der Waals surface area contributed by atoms with E-state index in [1.807, 2.05) is 88.4 Å². The average Bonchev–Trinajstić information content (AvgIpc) is 4.25. The Morgan fingerprint density at radius 1 is 0.675 bits per heavy atom. The summed E-state index contributed by atoms with van der Waals surface area (Å²) in [6.45, 7) is 16.4. The van der Waals surface area contributed by atoms with Crippen molar-refractivity contribution in [2.45, 2.75) is 72.1 Å². The molecule has 77 heavy (non-hydrogen) atoms. The van der Waals surface area contributed by atoms with E-state index in [4.69, 9.17) is 72.8 Å². The van der Waals surface area contributed by atoms with Gasteiger partial charge in [-0.1, -0.05) is 63.8 Å². The number of hydrogen-bond donors (Lipinski definition) is 5. The van der Waals surface area contributed by atoms with E-state index in [1.165, 1.54) is 13.2 Å². The third-order valence-electron chi connectivity index (χ3n) is 9.72. The van der Waals surface area contributed by atoms with Crippen molar-refractivity contribution >= 4 is 84.2 Å². The number of nitrogens with one attached hydrogen (secondary N) is 1. The van der Waals surface area contributed by atoms with E-state index >= 15 is 0 Å². The van der Waals surface area contributed by atoms with Crippen molar-refractivity contribution in [3.05, 3.63) is 175 Å². The lowest BCUT2D eigenvalue weighted by atomic mass is 9.90. The Morgan fingerprint density at radius 3 is 1.48 bits per heavy atom. The van der Waals surface area contributed by atoms with E-state index < -0.39 is 12.2 Å². The zero-order valence-corrected chi connectivity index (χ0v) is 49.3. The molecule has 3 atom stereocenters. The highest BCUT2D eigenvalue weighted by molar-refractivity contribution is 9.11. The van der Waals surface area contributed by atoms with Gasteiger partial charge in [0.2, 0.25) is 29.1 Å². The fraction of sp³-hybridized carbons (Fsp3) is 0.358. The molecule has 0 spiro atoms. The van der Waals surface area contributed by atoms with Crippen molar-refractivity contribution in [3.63, 3.8) is 0 Å². The number of nitrogens with zero attached hydrogens (tertiary/aromatic N) is 5. The van der Waals surface area contributed by atoms with E-state index in [1.54, 1.807) is 75.8 Å². The minimum absolute atomic E-state index is 0. The first-order valence-corrected chi connectivity index (χ1v) is 25.9. The van der Waals surface area contributed by atoms with Gasteiger partial charge in [0.15, 0.2) is 0 Å². The highest BCUT2D eigenvalue weighted by atomic mass is 79.9. The number of epoxide rings is 1. The zero-order chi connectivity index (χ0) is 56.4. The molecule has 2 aliphatic rings. The summed E-state index contributed by atoms with van der Waals surface area (Å²) in [6.07, 6.45) is 0.414. The molecule has 0 bridgehead atoms. The number of hydrogen-bond acceptors (Lipinski definition) is 17. The Labute approximate surface area is 489 Å². The second kappa shape index (κ2) is 41.3. The number of aliphatic hydroxyl groups is 2. The molecular formula is C53H74BBr3Cl2N8O10. The Hall–Kier alpha value is -4.82. The molecule has 0 amide bonds. The second-order valence-corrected chi connectivity index (χ2v) is 18.8. The number of alkyl halides is 2.